The third-order valence-corrected chi connectivity index (χ3v) is 5.31. The van der Waals surface area contributed by atoms with Crippen LogP contribution < -0.4 is 0 Å². The summed E-state index contributed by atoms with van der Waals surface area (Å²) in [6.07, 6.45) is 6.06. The van der Waals surface area contributed by atoms with Gasteiger partial charge in [0, 0.05) is 12.8 Å². The van der Waals surface area contributed by atoms with Crippen LogP contribution in [0.4, 0.5) is 0 Å². The van der Waals surface area contributed by atoms with Gasteiger partial charge in [0.15, 0.2) is 0 Å². The molecule has 2 atom stereocenters. The first-order valence-corrected chi connectivity index (χ1v) is 9.21. The molecule has 0 aromatic heterocycles. The lowest BCUT2D eigenvalue weighted by molar-refractivity contribution is -0.139. The van der Waals surface area contributed by atoms with Gasteiger partial charge in [-0.2, -0.15) is 0 Å². The van der Waals surface area contributed by atoms with Crippen LogP contribution in [0.2, 0.25) is 0 Å². The van der Waals surface area contributed by atoms with E-state index < -0.39 is 0 Å². The number of likely N-dealkylation sites (tertiary alicyclic amines) is 1. The van der Waals surface area contributed by atoms with Gasteiger partial charge < -0.3 is 4.74 Å². The number of benzene rings is 1. The number of hydrogen-bond acceptors (Lipinski definition) is 4. The fourth-order valence-electron chi connectivity index (χ4n) is 3.73. The number of esters is 1. The lowest BCUT2D eigenvalue weighted by Gasteiger charge is -2.30. The lowest BCUT2D eigenvalue weighted by atomic mass is 9.85. The number of amides is 2. The van der Waals surface area contributed by atoms with Crippen LogP contribution >= 0.6 is 0 Å². The van der Waals surface area contributed by atoms with E-state index in [4.69, 9.17) is 4.74 Å². The summed E-state index contributed by atoms with van der Waals surface area (Å²) < 4.78 is 5.73. The first-order valence-electron chi connectivity index (χ1n) is 9.21. The van der Waals surface area contributed by atoms with Crippen molar-refractivity contribution in [2.75, 3.05) is 0 Å². The predicted octanol–water partition coefficient (Wildman–Crippen LogP) is 3.46. The molecule has 5 nitrogen and oxygen atoms in total. The molecule has 3 rings (SSSR count). The molecule has 1 aliphatic carbocycles. The van der Waals surface area contributed by atoms with Gasteiger partial charge in [-0.05, 0) is 49.3 Å². The molecule has 0 bridgehead atoms. The SMILES string of the molecule is CCC1CCCCC1OC(=O)c1ccc(CN2C(=O)CCC2=O)cc1. The Morgan fingerprint density at radius 2 is 1.72 bits per heavy atom. The van der Waals surface area contributed by atoms with E-state index in [-0.39, 0.29) is 30.4 Å². The maximum atomic E-state index is 12.4. The third-order valence-electron chi connectivity index (χ3n) is 5.31. The normalized spacial score (nSPS) is 23.8. The monoisotopic (exact) mass is 343 g/mol. The Morgan fingerprint density at radius 1 is 1.08 bits per heavy atom. The number of carbonyl (C=O) groups excluding carboxylic acids is 3. The van der Waals surface area contributed by atoms with E-state index in [1.54, 1.807) is 24.3 Å². The Hall–Kier alpha value is -2.17. The molecule has 1 aromatic rings. The molecule has 2 fully saturated rings. The van der Waals surface area contributed by atoms with Crippen molar-refractivity contribution in [3.8, 4) is 0 Å². The molecule has 0 spiro atoms. The molecular weight excluding hydrogens is 318 g/mol. The van der Waals surface area contributed by atoms with Crippen molar-refractivity contribution >= 4 is 17.8 Å². The summed E-state index contributed by atoms with van der Waals surface area (Å²) in [5.41, 5.74) is 1.35. The van der Waals surface area contributed by atoms with Gasteiger partial charge in [0.25, 0.3) is 0 Å². The summed E-state index contributed by atoms with van der Waals surface area (Å²) in [4.78, 5) is 37.0. The Balaban J connectivity index is 1.60. The van der Waals surface area contributed by atoms with E-state index in [0.29, 0.717) is 24.3 Å². The van der Waals surface area contributed by atoms with E-state index in [9.17, 15) is 14.4 Å². The molecule has 25 heavy (non-hydrogen) atoms. The standard InChI is InChI=1S/C20H25NO4/c1-2-15-5-3-4-6-17(15)25-20(24)16-9-7-14(8-10-16)13-21-18(22)11-12-19(21)23/h7-10,15,17H,2-6,11-13H2,1H3. The highest BCUT2D eigenvalue weighted by Gasteiger charge is 2.29. The summed E-state index contributed by atoms with van der Waals surface area (Å²) in [5.74, 6) is -0.0813. The molecule has 1 aliphatic heterocycles. The van der Waals surface area contributed by atoms with Crippen LogP contribution in [0, 0.1) is 5.92 Å². The van der Waals surface area contributed by atoms with Gasteiger partial charge in [-0.3, -0.25) is 14.5 Å². The highest BCUT2D eigenvalue weighted by molar-refractivity contribution is 6.01. The first kappa shape index (κ1) is 17.6. The second-order valence-corrected chi connectivity index (χ2v) is 6.97. The van der Waals surface area contributed by atoms with Crippen molar-refractivity contribution in [1.29, 1.82) is 0 Å². The molecule has 2 unspecified atom stereocenters. The second-order valence-electron chi connectivity index (χ2n) is 6.97. The number of ether oxygens (including phenoxy) is 1. The van der Waals surface area contributed by atoms with E-state index in [1.807, 2.05) is 0 Å². The molecule has 0 radical (unpaired) electrons. The molecular formula is C20H25NO4. The van der Waals surface area contributed by atoms with Crippen LogP contribution in [0.15, 0.2) is 24.3 Å². The van der Waals surface area contributed by atoms with Crippen LogP contribution in [-0.4, -0.2) is 28.8 Å². The van der Waals surface area contributed by atoms with Crippen LogP contribution in [0.5, 0.6) is 0 Å². The van der Waals surface area contributed by atoms with Crippen LogP contribution in [0.3, 0.4) is 0 Å². The maximum Gasteiger partial charge on any atom is 0.338 e. The fraction of sp³-hybridized carbons (Fsp3) is 0.550. The number of hydrogen-bond donors (Lipinski definition) is 0. The lowest BCUT2D eigenvalue weighted by Crippen LogP contribution is -2.30. The maximum absolute atomic E-state index is 12.4. The Labute approximate surface area is 148 Å². The van der Waals surface area contributed by atoms with Gasteiger partial charge in [0.05, 0.1) is 12.1 Å². The summed E-state index contributed by atoms with van der Waals surface area (Å²) in [7, 11) is 0. The predicted molar refractivity (Wildman–Crippen MR) is 92.7 cm³/mol. The first-order chi connectivity index (χ1) is 12.1. The number of carbonyl (C=O) groups is 3. The smallest absolute Gasteiger partial charge is 0.338 e. The zero-order valence-corrected chi connectivity index (χ0v) is 14.7. The van der Waals surface area contributed by atoms with Gasteiger partial charge in [0.2, 0.25) is 11.8 Å². The average molecular weight is 343 g/mol. The van der Waals surface area contributed by atoms with Crippen LogP contribution in [-0.2, 0) is 20.9 Å². The molecule has 0 N–H and O–H groups in total. The Morgan fingerprint density at radius 3 is 2.36 bits per heavy atom. The van der Waals surface area contributed by atoms with Crippen molar-refractivity contribution < 1.29 is 19.1 Å². The van der Waals surface area contributed by atoms with Crippen molar-refractivity contribution in [2.45, 2.75) is 64.5 Å². The van der Waals surface area contributed by atoms with Gasteiger partial charge in [-0.1, -0.05) is 25.5 Å². The molecule has 5 heteroatoms. The van der Waals surface area contributed by atoms with E-state index in [1.165, 1.54) is 11.3 Å². The minimum atomic E-state index is -0.287. The number of nitrogens with zero attached hydrogens (tertiary/aromatic N) is 1. The fourth-order valence-corrected chi connectivity index (χ4v) is 3.73. The highest BCUT2D eigenvalue weighted by Crippen LogP contribution is 2.29. The Bertz CT molecular complexity index is 636. The summed E-state index contributed by atoms with van der Waals surface area (Å²) in [6.45, 7) is 2.42. The van der Waals surface area contributed by atoms with Gasteiger partial charge in [0.1, 0.15) is 6.10 Å². The topological polar surface area (TPSA) is 63.7 Å². The number of rotatable bonds is 5. The minimum absolute atomic E-state index is 0.0192. The molecule has 2 amide bonds. The third kappa shape index (κ3) is 4.09. The van der Waals surface area contributed by atoms with Gasteiger partial charge in [-0.25, -0.2) is 4.79 Å². The number of imide groups is 1. The quantitative estimate of drug-likeness (QED) is 0.607. The van der Waals surface area contributed by atoms with Crippen molar-refractivity contribution in [2.24, 2.45) is 5.92 Å². The Kier molecular flexibility index (Phi) is 5.51. The van der Waals surface area contributed by atoms with Crippen LogP contribution in [0.1, 0.15) is 67.8 Å². The summed E-state index contributed by atoms with van der Waals surface area (Å²) in [6, 6.07) is 7.00. The summed E-state index contributed by atoms with van der Waals surface area (Å²) >= 11 is 0. The summed E-state index contributed by atoms with van der Waals surface area (Å²) in [5, 5.41) is 0. The minimum Gasteiger partial charge on any atom is -0.458 e. The van der Waals surface area contributed by atoms with Gasteiger partial charge in [-0.15, -0.1) is 0 Å². The van der Waals surface area contributed by atoms with Crippen molar-refractivity contribution in [1.82, 2.24) is 4.90 Å². The molecule has 1 aromatic carbocycles. The zero-order valence-electron chi connectivity index (χ0n) is 14.7. The van der Waals surface area contributed by atoms with Gasteiger partial charge >= 0.3 is 5.97 Å². The van der Waals surface area contributed by atoms with E-state index in [2.05, 4.69) is 6.92 Å². The highest BCUT2D eigenvalue weighted by atomic mass is 16.5. The van der Waals surface area contributed by atoms with Crippen molar-refractivity contribution in [3.63, 3.8) is 0 Å². The average Bonchev–Trinajstić information content (AvgIpc) is 2.94. The van der Waals surface area contributed by atoms with Crippen LogP contribution in [0.25, 0.3) is 0 Å². The molecule has 2 aliphatic rings. The molecule has 1 saturated heterocycles. The van der Waals surface area contributed by atoms with E-state index in [0.717, 1.165) is 31.2 Å². The molecule has 1 saturated carbocycles. The molecule has 134 valence electrons. The largest absolute Gasteiger partial charge is 0.458 e. The zero-order chi connectivity index (χ0) is 17.8. The van der Waals surface area contributed by atoms with E-state index >= 15 is 0 Å². The van der Waals surface area contributed by atoms with Crippen molar-refractivity contribution in [3.05, 3.63) is 35.4 Å². The second kappa shape index (κ2) is 7.81. The molecule has 1 heterocycles.